The second-order valence-electron chi connectivity index (χ2n) is 5.15. The predicted molar refractivity (Wildman–Crippen MR) is 85.1 cm³/mol. The molecule has 1 N–H and O–H groups in total. The van der Waals surface area contributed by atoms with Crippen molar-refractivity contribution < 1.29 is 9.59 Å². The lowest BCUT2D eigenvalue weighted by molar-refractivity contribution is 0.0582. The van der Waals surface area contributed by atoms with E-state index in [9.17, 15) is 9.59 Å². The van der Waals surface area contributed by atoms with E-state index >= 15 is 0 Å². The van der Waals surface area contributed by atoms with Crippen molar-refractivity contribution in [3.8, 4) is 0 Å². The average molecular weight is 315 g/mol. The first-order valence-electron chi connectivity index (χ1n) is 7.00. The van der Waals surface area contributed by atoms with Gasteiger partial charge in [-0.2, -0.15) is 0 Å². The molecular formula is C17H15ClN2O2. The number of nitrogens with zero attached hydrogens (tertiary/aromatic N) is 1. The summed E-state index contributed by atoms with van der Waals surface area (Å²) in [5.74, 6) is -0.526. The average Bonchev–Trinajstić information content (AvgIpc) is 2.77. The highest BCUT2D eigenvalue weighted by Crippen LogP contribution is 2.31. The number of likely N-dealkylation sites (N-methyl/N-ethyl adjacent to an activating group) is 1. The summed E-state index contributed by atoms with van der Waals surface area (Å²) < 4.78 is 0. The van der Waals surface area contributed by atoms with Crippen LogP contribution in [0.1, 0.15) is 32.3 Å². The Bertz CT molecular complexity index is 710. The van der Waals surface area contributed by atoms with E-state index in [4.69, 9.17) is 11.6 Å². The van der Waals surface area contributed by atoms with Gasteiger partial charge < -0.3 is 5.32 Å². The molecule has 0 aromatic heterocycles. The predicted octanol–water partition coefficient (Wildman–Crippen LogP) is 2.90. The van der Waals surface area contributed by atoms with Crippen molar-refractivity contribution in [1.82, 2.24) is 10.2 Å². The molecule has 1 heterocycles. The van der Waals surface area contributed by atoms with Crippen molar-refractivity contribution in [2.75, 3.05) is 13.6 Å². The molecule has 3 rings (SSSR count). The van der Waals surface area contributed by atoms with Gasteiger partial charge in [-0.05, 0) is 36.9 Å². The Labute approximate surface area is 133 Å². The maximum absolute atomic E-state index is 12.6. The maximum Gasteiger partial charge on any atom is 0.262 e. The number of carbonyl (C=O) groups excluding carboxylic acids is 2. The first kappa shape index (κ1) is 14.8. The molecule has 0 bridgehead atoms. The molecule has 1 aliphatic rings. The van der Waals surface area contributed by atoms with Crippen LogP contribution in [0.3, 0.4) is 0 Å². The quantitative estimate of drug-likeness (QED) is 0.883. The fourth-order valence-corrected chi connectivity index (χ4v) is 2.96. The van der Waals surface area contributed by atoms with Crippen molar-refractivity contribution in [3.63, 3.8) is 0 Å². The van der Waals surface area contributed by atoms with Gasteiger partial charge in [0.25, 0.3) is 11.8 Å². The van der Waals surface area contributed by atoms with Crippen molar-refractivity contribution >= 4 is 23.4 Å². The number of rotatable bonds is 4. The zero-order valence-electron chi connectivity index (χ0n) is 12.0. The summed E-state index contributed by atoms with van der Waals surface area (Å²) >= 11 is 6.05. The van der Waals surface area contributed by atoms with Crippen LogP contribution in [0, 0.1) is 0 Å². The van der Waals surface area contributed by atoms with Gasteiger partial charge in [0.1, 0.15) is 0 Å². The topological polar surface area (TPSA) is 49.4 Å². The molecule has 0 aliphatic carbocycles. The Hall–Kier alpha value is -2.17. The van der Waals surface area contributed by atoms with Crippen LogP contribution in [0.25, 0.3) is 0 Å². The molecule has 0 fully saturated rings. The minimum atomic E-state index is -0.393. The summed E-state index contributed by atoms with van der Waals surface area (Å²) in [5, 5.41) is 3.62. The Morgan fingerprint density at radius 3 is 2.23 bits per heavy atom. The normalized spacial score (nSPS) is 15.1. The fourth-order valence-electron chi connectivity index (χ4n) is 2.76. The molecule has 0 radical (unpaired) electrons. The molecule has 2 aromatic rings. The van der Waals surface area contributed by atoms with E-state index in [1.165, 1.54) is 4.90 Å². The second-order valence-corrected chi connectivity index (χ2v) is 5.59. The molecule has 0 saturated heterocycles. The van der Waals surface area contributed by atoms with Crippen LogP contribution >= 0.6 is 11.6 Å². The third-order valence-electron chi connectivity index (χ3n) is 3.77. The molecule has 1 atom stereocenters. The van der Waals surface area contributed by atoms with Gasteiger partial charge in [0.2, 0.25) is 0 Å². The molecular weight excluding hydrogens is 300 g/mol. The molecule has 0 unspecified atom stereocenters. The highest BCUT2D eigenvalue weighted by Gasteiger charge is 2.40. The number of nitrogens with one attached hydrogen (secondary N) is 1. The van der Waals surface area contributed by atoms with E-state index in [1.807, 2.05) is 12.1 Å². The SMILES string of the molecule is CNC[C@H](c1cccc(Cl)c1)N1C(=O)c2ccccc2C1=O. The van der Waals surface area contributed by atoms with Crippen LogP contribution in [0.15, 0.2) is 48.5 Å². The van der Waals surface area contributed by atoms with E-state index in [-0.39, 0.29) is 11.8 Å². The molecule has 0 saturated carbocycles. The molecule has 5 heteroatoms. The molecule has 4 nitrogen and oxygen atoms in total. The third kappa shape index (κ3) is 2.40. The number of fused-ring (bicyclic) bond motifs is 1. The van der Waals surface area contributed by atoms with E-state index in [2.05, 4.69) is 5.32 Å². The lowest BCUT2D eigenvalue weighted by Gasteiger charge is -2.26. The Balaban J connectivity index is 2.04. The van der Waals surface area contributed by atoms with Gasteiger partial charge >= 0.3 is 0 Å². The van der Waals surface area contributed by atoms with Crippen LogP contribution in [-0.4, -0.2) is 30.3 Å². The minimum absolute atomic E-state index is 0.263. The standard InChI is InChI=1S/C17H15ClN2O2/c1-19-10-15(11-5-4-6-12(18)9-11)20-16(21)13-7-2-3-8-14(13)17(20)22/h2-9,15,19H,10H2,1H3/t15-/m1/s1. The van der Waals surface area contributed by atoms with E-state index in [0.29, 0.717) is 22.7 Å². The fraction of sp³-hybridized carbons (Fsp3) is 0.176. The van der Waals surface area contributed by atoms with Crippen molar-refractivity contribution in [2.24, 2.45) is 0 Å². The lowest BCUT2D eigenvalue weighted by atomic mass is 10.1. The summed E-state index contributed by atoms with van der Waals surface area (Å²) in [5.41, 5.74) is 1.74. The Kier molecular flexibility index (Phi) is 3.96. The Morgan fingerprint density at radius 2 is 1.68 bits per heavy atom. The van der Waals surface area contributed by atoms with Gasteiger partial charge in [0, 0.05) is 11.6 Å². The number of amides is 2. The third-order valence-corrected chi connectivity index (χ3v) is 4.00. The number of carbonyl (C=O) groups is 2. The Morgan fingerprint density at radius 1 is 1.05 bits per heavy atom. The monoisotopic (exact) mass is 314 g/mol. The van der Waals surface area contributed by atoms with Gasteiger partial charge in [-0.3, -0.25) is 14.5 Å². The zero-order valence-corrected chi connectivity index (χ0v) is 12.8. The van der Waals surface area contributed by atoms with Crippen LogP contribution in [0.4, 0.5) is 0 Å². The highest BCUT2D eigenvalue weighted by atomic mass is 35.5. The van der Waals surface area contributed by atoms with E-state index < -0.39 is 6.04 Å². The number of hydrogen-bond acceptors (Lipinski definition) is 3. The summed E-state index contributed by atoms with van der Waals surface area (Å²) in [6, 6.07) is 13.7. The van der Waals surface area contributed by atoms with Gasteiger partial charge in [0.05, 0.1) is 17.2 Å². The van der Waals surface area contributed by atoms with Crippen LogP contribution in [0.2, 0.25) is 5.02 Å². The van der Waals surface area contributed by atoms with Crippen LogP contribution < -0.4 is 5.32 Å². The molecule has 22 heavy (non-hydrogen) atoms. The lowest BCUT2D eigenvalue weighted by Crippen LogP contribution is -2.38. The number of halogens is 1. The summed E-state index contributed by atoms with van der Waals surface area (Å²) in [6.45, 7) is 0.464. The summed E-state index contributed by atoms with van der Waals surface area (Å²) in [7, 11) is 1.79. The van der Waals surface area contributed by atoms with Crippen molar-refractivity contribution in [3.05, 3.63) is 70.2 Å². The first-order chi connectivity index (χ1) is 10.6. The molecule has 2 amide bonds. The minimum Gasteiger partial charge on any atom is -0.317 e. The van der Waals surface area contributed by atoms with Gasteiger partial charge in [-0.25, -0.2) is 0 Å². The smallest absolute Gasteiger partial charge is 0.262 e. The number of imide groups is 1. The number of hydrogen-bond donors (Lipinski definition) is 1. The van der Waals surface area contributed by atoms with Gasteiger partial charge in [-0.15, -0.1) is 0 Å². The van der Waals surface area contributed by atoms with Crippen LogP contribution in [0.5, 0.6) is 0 Å². The maximum atomic E-state index is 12.6. The molecule has 0 spiro atoms. The van der Waals surface area contributed by atoms with E-state index in [0.717, 1.165) is 5.56 Å². The summed E-state index contributed by atoms with van der Waals surface area (Å²) in [6.07, 6.45) is 0. The first-order valence-corrected chi connectivity index (χ1v) is 7.38. The molecule has 2 aromatic carbocycles. The largest absolute Gasteiger partial charge is 0.317 e. The zero-order chi connectivity index (χ0) is 15.7. The second kappa shape index (κ2) is 5.91. The number of benzene rings is 2. The van der Waals surface area contributed by atoms with E-state index in [1.54, 1.807) is 43.4 Å². The summed E-state index contributed by atoms with van der Waals surface area (Å²) in [4.78, 5) is 26.6. The van der Waals surface area contributed by atoms with Gasteiger partial charge in [0.15, 0.2) is 0 Å². The molecule has 112 valence electrons. The van der Waals surface area contributed by atoms with Gasteiger partial charge in [-0.1, -0.05) is 35.9 Å². The van der Waals surface area contributed by atoms with Crippen molar-refractivity contribution in [1.29, 1.82) is 0 Å². The molecule has 1 aliphatic heterocycles. The highest BCUT2D eigenvalue weighted by molar-refractivity contribution is 6.30. The van der Waals surface area contributed by atoms with Crippen LogP contribution in [-0.2, 0) is 0 Å². The van der Waals surface area contributed by atoms with Crippen molar-refractivity contribution in [2.45, 2.75) is 6.04 Å².